The van der Waals surface area contributed by atoms with E-state index in [2.05, 4.69) is 80.5 Å². The second-order valence-electron chi connectivity index (χ2n) is 7.18. The van der Waals surface area contributed by atoms with Crippen molar-refractivity contribution in [3.63, 3.8) is 0 Å². The Bertz CT molecular complexity index is 1010. The van der Waals surface area contributed by atoms with Crippen molar-refractivity contribution in [1.82, 2.24) is 5.32 Å². The van der Waals surface area contributed by atoms with Crippen LogP contribution in [0.25, 0.3) is 15.8 Å². The van der Waals surface area contributed by atoms with E-state index in [0.29, 0.717) is 0 Å². The highest BCUT2D eigenvalue weighted by Crippen LogP contribution is 2.37. The van der Waals surface area contributed by atoms with Gasteiger partial charge in [-0.15, -0.1) is 22.7 Å². The zero-order chi connectivity index (χ0) is 20.8. The fourth-order valence-electron chi connectivity index (χ4n) is 2.89. The molecule has 0 amide bonds. The standard InChI is InChI=1S/C24H29N3S2/c1-17-8-6-7-9-21(17)26-19(3)18(2)16-20-10-11-22(28-20)23-12-13-24(29-23)27(5)15-14-25-4/h6-13,16,25H,14-15H2,1-5H3/b18-16+,26-19?. The minimum atomic E-state index is 0.986. The monoisotopic (exact) mass is 423 g/mol. The number of nitrogens with zero attached hydrogens (tertiary/aromatic N) is 2. The molecular weight excluding hydrogens is 394 g/mol. The maximum absolute atomic E-state index is 4.81. The van der Waals surface area contributed by atoms with Gasteiger partial charge in [0.05, 0.1) is 10.7 Å². The molecule has 0 aliphatic heterocycles. The molecule has 0 bridgehead atoms. The largest absolute Gasteiger partial charge is 0.365 e. The summed E-state index contributed by atoms with van der Waals surface area (Å²) in [6.07, 6.45) is 2.23. The molecule has 0 fully saturated rings. The van der Waals surface area contributed by atoms with E-state index in [4.69, 9.17) is 4.99 Å². The number of aliphatic imine (C=N–C) groups is 1. The van der Waals surface area contributed by atoms with Crippen LogP contribution in [0.1, 0.15) is 24.3 Å². The van der Waals surface area contributed by atoms with Crippen LogP contribution in [0.5, 0.6) is 0 Å². The molecule has 0 unspecified atom stereocenters. The van der Waals surface area contributed by atoms with E-state index in [1.165, 1.54) is 30.8 Å². The van der Waals surface area contributed by atoms with Gasteiger partial charge >= 0.3 is 0 Å². The summed E-state index contributed by atoms with van der Waals surface area (Å²) < 4.78 is 0. The first kappa shape index (κ1) is 21.5. The first-order valence-corrected chi connectivity index (χ1v) is 11.5. The summed E-state index contributed by atoms with van der Waals surface area (Å²) in [5.74, 6) is 0. The lowest BCUT2D eigenvalue weighted by atomic mass is 10.1. The summed E-state index contributed by atoms with van der Waals surface area (Å²) in [6, 6.07) is 17.1. The number of hydrogen-bond acceptors (Lipinski definition) is 5. The molecule has 2 heterocycles. The van der Waals surface area contributed by atoms with E-state index in [-0.39, 0.29) is 0 Å². The van der Waals surface area contributed by atoms with E-state index >= 15 is 0 Å². The molecular formula is C24H29N3S2. The third-order valence-corrected chi connectivity index (χ3v) is 7.30. The Labute approximate surface area is 182 Å². The molecule has 3 rings (SSSR count). The van der Waals surface area contributed by atoms with Gasteiger partial charge in [0.15, 0.2) is 0 Å². The zero-order valence-electron chi connectivity index (χ0n) is 17.8. The minimum absolute atomic E-state index is 0.986. The van der Waals surface area contributed by atoms with Crippen LogP contribution in [-0.4, -0.2) is 32.9 Å². The number of para-hydroxylation sites is 1. The summed E-state index contributed by atoms with van der Waals surface area (Å²) in [5, 5.41) is 4.51. The Morgan fingerprint density at radius 3 is 2.52 bits per heavy atom. The summed E-state index contributed by atoms with van der Waals surface area (Å²) in [4.78, 5) is 11.0. The van der Waals surface area contributed by atoms with Crippen LogP contribution in [-0.2, 0) is 0 Å². The fraction of sp³-hybridized carbons (Fsp3) is 0.292. The van der Waals surface area contributed by atoms with Crippen molar-refractivity contribution >= 4 is 45.1 Å². The van der Waals surface area contributed by atoms with Gasteiger partial charge in [-0.1, -0.05) is 18.2 Å². The first-order valence-electron chi connectivity index (χ1n) is 9.83. The van der Waals surface area contributed by atoms with Gasteiger partial charge in [0.25, 0.3) is 0 Å². The van der Waals surface area contributed by atoms with Crippen LogP contribution >= 0.6 is 22.7 Å². The van der Waals surface area contributed by atoms with Gasteiger partial charge in [0.2, 0.25) is 0 Å². The molecule has 1 aromatic carbocycles. The van der Waals surface area contributed by atoms with Crippen molar-refractivity contribution in [1.29, 1.82) is 0 Å². The second kappa shape index (κ2) is 10.0. The normalized spacial score (nSPS) is 12.4. The summed E-state index contributed by atoms with van der Waals surface area (Å²) in [6.45, 7) is 8.31. The molecule has 0 aliphatic carbocycles. The molecule has 0 spiro atoms. The smallest absolute Gasteiger partial charge is 0.0913 e. The van der Waals surface area contributed by atoms with Crippen LogP contribution in [0, 0.1) is 6.92 Å². The van der Waals surface area contributed by atoms with Crippen molar-refractivity contribution in [2.75, 3.05) is 32.1 Å². The number of rotatable bonds is 8. The molecule has 0 radical (unpaired) electrons. The maximum atomic E-state index is 4.81. The summed E-state index contributed by atoms with van der Waals surface area (Å²) >= 11 is 3.68. The Balaban J connectivity index is 1.74. The highest BCUT2D eigenvalue weighted by atomic mass is 32.1. The Hall–Kier alpha value is -2.21. The molecule has 0 atom stereocenters. The quantitative estimate of drug-likeness (QED) is 0.411. The van der Waals surface area contributed by atoms with Gasteiger partial charge in [-0.3, -0.25) is 4.99 Å². The SMILES string of the molecule is CNCCN(C)c1ccc(-c2ccc(/C=C(\C)C(C)=Nc3ccccc3C)s2)s1. The third-order valence-electron chi connectivity index (χ3n) is 4.87. The predicted molar refractivity (Wildman–Crippen MR) is 132 cm³/mol. The van der Waals surface area contributed by atoms with Crippen molar-refractivity contribution in [2.24, 2.45) is 4.99 Å². The van der Waals surface area contributed by atoms with E-state index in [1.54, 1.807) is 0 Å². The average molecular weight is 424 g/mol. The Morgan fingerprint density at radius 1 is 1.03 bits per heavy atom. The molecule has 0 aliphatic rings. The highest BCUT2D eigenvalue weighted by Gasteiger charge is 2.09. The molecule has 152 valence electrons. The first-order chi connectivity index (χ1) is 14.0. The number of benzene rings is 1. The number of hydrogen-bond donors (Lipinski definition) is 1. The molecule has 5 heteroatoms. The topological polar surface area (TPSA) is 27.6 Å². The van der Waals surface area contributed by atoms with Gasteiger partial charge in [0, 0.05) is 40.5 Å². The Kier molecular flexibility index (Phi) is 7.42. The van der Waals surface area contributed by atoms with Crippen LogP contribution < -0.4 is 10.2 Å². The minimum Gasteiger partial charge on any atom is -0.365 e. The van der Waals surface area contributed by atoms with Gasteiger partial charge in [-0.25, -0.2) is 0 Å². The highest BCUT2D eigenvalue weighted by molar-refractivity contribution is 7.24. The lowest BCUT2D eigenvalue weighted by Gasteiger charge is -2.16. The Morgan fingerprint density at radius 2 is 1.76 bits per heavy atom. The van der Waals surface area contributed by atoms with Crippen LogP contribution in [0.3, 0.4) is 0 Å². The van der Waals surface area contributed by atoms with Gasteiger partial charge in [0.1, 0.15) is 0 Å². The summed E-state index contributed by atoms with van der Waals surface area (Å²) in [7, 11) is 4.14. The van der Waals surface area contributed by atoms with Crippen molar-refractivity contribution in [3.05, 3.63) is 64.5 Å². The van der Waals surface area contributed by atoms with E-state index in [9.17, 15) is 0 Å². The van der Waals surface area contributed by atoms with E-state index in [1.807, 2.05) is 41.9 Å². The molecule has 2 aromatic heterocycles. The number of nitrogens with one attached hydrogen (secondary N) is 1. The molecule has 3 nitrogen and oxygen atoms in total. The van der Waals surface area contributed by atoms with Crippen molar-refractivity contribution in [3.8, 4) is 9.75 Å². The molecule has 1 N–H and O–H groups in total. The van der Waals surface area contributed by atoms with Crippen molar-refractivity contribution < 1.29 is 0 Å². The van der Waals surface area contributed by atoms with Crippen LogP contribution in [0.2, 0.25) is 0 Å². The maximum Gasteiger partial charge on any atom is 0.0913 e. The lowest BCUT2D eigenvalue weighted by Crippen LogP contribution is -2.26. The lowest BCUT2D eigenvalue weighted by molar-refractivity contribution is 0.771. The van der Waals surface area contributed by atoms with Gasteiger partial charge in [-0.05, 0) is 75.4 Å². The van der Waals surface area contributed by atoms with Crippen molar-refractivity contribution in [2.45, 2.75) is 20.8 Å². The number of likely N-dealkylation sites (N-methyl/N-ethyl adjacent to an activating group) is 2. The van der Waals surface area contributed by atoms with Crippen LogP contribution in [0.4, 0.5) is 10.7 Å². The van der Waals surface area contributed by atoms with Gasteiger partial charge in [-0.2, -0.15) is 0 Å². The fourth-order valence-corrected chi connectivity index (χ4v) is 4.99. The van der Waals surface area contributed by atoms with Crippen LogP contribution in [0.15, 0.2) is 59.1 Å². The van der Waals surface area contributed by atoms with E-state index < -0.39 is 0 Å². The zero-order valence-corrected chi connectivity index (χ0v) is 19.5. The number of aryl methyl sites for hydroxylation is 1. The molecule has 3 aromatic rings. The average Bonchev–Trinajstić information content (AvgIpc) is 3.37. The molecule has 0 saturated carbocycles. The number of thiophene rings is 2. The second-order valence-corrected chi connectivity index (χ2v) is 9.35. The molecule has 0 saturated heterocycles. The van der Waals surface area contributed by atoms with E-state index in [0.717, 1.165) is 24.5 Å². The predicted octanol–water partition coefficient (Wildman–Crippen LogP) is 6.64. The third kappa shape index (κ3) is 5.66. The number of anilines is 1. The summed E-state index contributed by atoms with van der Waals surface area (Å²) in [5.41, 5.74) is 4.49. The molecule has 29 heavy (non-hydrogen) atoms. The van der Waals surface area contributed by atoms with Gasteiger partial charge < -0.3 is 10.2 Å². The number of allylic oxidation sites excluding steroid dienone is 1.